The van der Waals surface area contributed by atoms with Crippen LogP contribution < -0.4 is 5.73 Å². The lowest BCUT2D eigenvalue weighted by Crippen LogP contribution is -2.33. The van der Waals surface area contributed by atoms with Crippen LogP contribution in [0.1, 0.15) is 34.6 Å². The molecule has 41 heavy (non-hydrogen) atoms. The highest BCUT2D eigenvalue weighted by atomic mass is 31.2. The molecule has 0 radical (unpaired) electrons. The number of rotatable bonds is 17. The Labute approximate surface area is 237 Å². The molecule has 0 aliphatic heterocycles. The van der Waals surface area contributed by atoms with Gasteiger partial charge in [-0.15, -0.1) is 0 Å². The lowest BCUT2D eigenvalue weighted by molar-refractivity contribution is -0.0786. The smallest absolute Gasteiger partial charge is 0.426 e. The Hall–Kier alpha value is -3.08. The topological polar surface area (TPSA) is 204 Å². The molecule has 2 aromatic heterocycles. The summed E-state index contributed by atoms with van der Waals surface area (Å²) in [4.78, 5) is 36.3. The van der Waals surface area contributed by atoms with Crippen LogP contribution in [0.15, 0.2) is 12.7 Å². The zero-order valence-corrected chi connectivity index (χ0v) is 25.1. The fraction of sp³-hybridized carbons (Fsp3) is 0.696. The fourth-order valence-corrected chi connectivity index (χ4v) is 4.35. The minimum atomic E-state index is -4.17. The first-order valence-corrected chi connectivity index (χ1v) is 14.0. The maximum absolute atomic E-state index is 13.4. The summed E-state index contributed by atoms with van der Waals surface area (Å²) >= 11 is 0. The lowest BCUT2D eigenvalue weighted by atomic mass is 10.1. The van der Waals surface area contributed by atoms with E-state index in [1.807, 2.05) is 0 Å². The van der Waals surface area contributed by atoms with E-state index in [1.165, 1.54) is 26.9 Å². The van der Waals surface area contributed by atoms with E-state index in [9.17, 15) is 14.2 Å². The average Bonchev–Trinajstić information content (AvgIpc) is 3.26. The number of ether oxygens (including phenoxy) is 7. The first kappa shape index (κ1) is 34.1. The SMILES string of the molecule is COCC(C)(C)OC(=O)OCOP(=O)(CO[C@H](C)Cn1cnc2c(N)ncnc21)OCOC(=O)OC(C)(C)COC. The van der Waals surface area contributed by atoms with Gasteiger partial charge in [-0.05, 0) is 34.6 Å². The molecule has 2 rings (SSSR count). The molecule has 0 saturated heterocycles. The van der Waals surface area contributed by atoms with E-state index in [2.05, 4.69) is 15.0 Å². The van der Waals surface area contributed by atoms with Crippen LogP contribution in [-0.2, 0) is 53.3 Å². The first-order chi connectivity index (χ1) is 19.2. The van der Waals surface area contributed by atoms with Crippen LogP contribution in [0.5, 0.6) is 0 Å². The van der Waals surface area contributed by atoms with Gasteiger partial charge in [0, 0.05) is 14.2 Å². The van der Waals surface area contributed by atoms with Crippen molar-refractivity contribution in [3.63, 3.8) is 0 Å². The van der Waals surface area contributed by atoms with Crippen LogP contribution in [0, 0.1) is 0 Å². The van der Waals surface area contributed by atoms with E-state index >= 15 is 0 Å². The van der Waals surface area contributed by atoms with Crippen molar-refractivity contribution < 1.29 is 56.4 Å². The molecule has 18 heteroatoms. The van der Waals surface area contributed by atoms with E-state index in [0.29, 0.717) is 11.2 Å². The van der Waals surface area contributed by atoms with Gasteiger partial charge >= 0.3 is 19.9 Å². The van der Waals surface area contributed by atoms with Crippen LogP contribution in [0.3, 0.4) is 0 Å². The van der Waals surface area contributed by atoms with Crippen LogP contribution in [-0.4, -0.2) is 96.5 Å². The number of carbonyl (C=O) groups excluding carboxylic acids is 2. The Kier molecular flexibility index (Phi) is 12.7. The zero-order chi connectivity index (χ0) is 30.7. The number of nitrogen functional groups attached to an aromatic ring is 1. The van der Waals surface area contributed by atoms with Crippen LogP contribution in [0.2, 0.25) is 0 Å². The standard InChI is InChI=1S/C23H38N5O12P/c1-16(8-28-12-27-17-18(24)25-11-26-19(17)28)36-15-41(31,37-13-34-20(29)39-22(2,3)9-32-6)38-14-35-21(30)40-23(4,5)10-33-7/h11-12,16H,8-10,13-15H2,1-7H3,(H2,24,25,26)/t16-/m1/s1. The predicted octanol–water partition coefficient (Wildman–Crippen LogP) is 3.07. The number of methoxy groups -OCH3 is 2. The van der Waals surface area contributed by atoms with Gasteiger partial charge in [0.15, 0.2) is 11.5 Å². The maximum atomic E-state index is 13.4. The predicted molar refractivity (Wildman–Crippen MR) is 142 cm³/mol. The summed E-state index contributed by atoms with van der Waals surface area (Å²) in [6, 6.07) is 0. The van der Waals surface area contributed by atoms with E-state index in [4.69, 9.17) is 47.9 Å². The highest BCUT2D eigenvalue weighted by Crippen LogP contribution is 2.48. The molecule has 2 heterocycles. The summed E-state index contributed by atoms with van der Waals surface area (Å²) in [5.74, 6) is 0.224. The quantitative estimate of drug-likeness (QED) is 0.156. The number of imidazole rings is 1. The van der Waals surface area contributed by atoms with Gasteiger partial charge in [0.2, 0.25) is 13.6 Å². The van der Waals surface area contributed by atoms with Crippen LogP contribution in [0.25, 0.3) is 11.2 Å². The number of nitrogens with zero attached hydrogens (tertiary/aromatic N) is 4. The molecular weight excluding hydrogens is 569 g/mol. The molecule has 2 aromatic rings. The second-order valence-corrected chi connectivity index (χ2v) is 11.9. The molecule has 0 bridgehead atoms. The zero-order valence-electron chi connectivity index (χ0n) is 24.2. The molecule has 0 fully saturated rings. The molecule has 0 spiro atoms. The second-order valence-electron chi connectivity index (χ2n) is 9.92. The third-order valence-electron chi connectivity index (χ3n) is 4.96. The van der Waals surface area contributed by atoms with E-state index in [0.717, 1.165) is 0 Å². The highest BCUT2D eigenvalue weighted by molar-refractivity contribution is 7.53. The molecule has 0 saturated carbocycles. The molecule has 17 nitrogen and oxygen atoms in total. The van der Waals surface area contributed by atoms with Crippen molar-refractivity contribution in [1.82, 2.24) is 19.5 Å². The lowest BCUT2D eigenvalue weighted by Gasteiger charge is -2.25. The van der Waals surface area contributed by atoms with Gasteiger partial charge in [-0.2, -0.15) is 0 Å². The Bertz CT molecular complexity index is 1150. The number of anilines is 1. The van der Waals surface area contributed by atoms with Crippen molar-refractivity contribution >= 4 is 36.9 Å². The number of carbonyl (C=O) groups is 2. The van der Waals surface area contributed by atoms with Crippen LogP contribution >= 0.6 is 7.60 Å². The summed E-state index contributed by atoms with van der Waals surface area (Å²) in [5, 5.41) is 0. The molecular formula is C23H38N5O12P. The third-order valence-corrected chi connectivity index (χ3v) is 6.42. The molecule has 0 amide bonds. The summed E-state index contributed by atoms with van der Waals surface area (Å²) in [5.41, 5.74) is 4.76. The van der Waals surface area contributed by atoms with Gasteiger partial charge in [0.1, 0.15) is 29.4 Å². The Morgan fingerprint density at radius 3 is 2.00 bits per heavy atom. The van der Waals surface area contributed by atoms with Gasteiger partial charge in [-0.3, -0.25) is 13.6 Å². The van der Waals surface area contributed by atoms with Gasteiger partial charge in [0.05, 0.1) is 32.2 Å². The number of hydrogen-bond donors (Lipinski definition) is 1. The number of aromatic nitrogens is 4. The molecule has 0 aromatic carbocycles. The molecule has 0 aliphatic rings. The van der Waals surface area contributed by atoms with Gasteiger partial charge in [-0.1, -0.05) is 0 Å². The molecule has 0 aliphatic carbocycles. The molecule has 0 unspecified atom stereocenters. The summed E-state index contributed by atoms with van der Waals surface area (Å²) < 4.78 is 61.1. The van der Waals surface area contributed by atoms with E-state index < -0.39 is 57.1 Å². The summed E-state index contributed by atoms with van der Waals surface area (Å²) in [6.07, 6.45) is -0.538. The number of nitrogens with two attached hydrogens (primary N) is 1. The van der Waals surface area contributed by atoms with Crippen molar-refractivity contribution in [1.29, 1.82) is 0 Å². The normalized spacial score (nSPS) is 13.1. The monoisotopic (exact) mass is 607 g/mol. The largest absolute Gasteiger partial charge is 0.511 e. The fourth-order valence-electron chi connectivity index (χ4n) is 3.27. The van der Waals surface area contributed by atoms with E-state index in [1.54, 1.807) is 39.2 Å². The van der Waals surface area contributed by atoms with Crippen molar-refractivity contribution in [2.24, 2.45) is 0 Å². The summed E-state index contributed by atoms with van der Waals surface area (Å²) in [7, 11) is -1.27. The molecule has 1 atom stereocenters. The minimum Gasteiger partial charge on any atom is -0.426 e. The third kappa shape index (κ3) is 11.7. The van der Waals surface area contributed by atoms with Crippen LogP contribution in [0.4, 0.5) is 15.4 Å². The average molecular weight is 608 g/mol. The van der Waals surface area contributed by atoms with Gasteiger partial charge in [0.25, 0.3) is 0 Å². The summed E-state index contributed by atoms with van der Waals surface area (Å²) in [6.45, 7) is 6.94. The number of hydrogen-bond acceptors (Lipinski definition) is 16. The Morgan fingerprint density at radius 2 is 1.49 bits per heavy atom. The Morgan fingerprint density at radius 1 is 0.951 bits per heavy atom. The van der Waals surface area contributed by atoms with Crippen molar-refractivity contribution in [2.45, 2.75) is 58.5 Å². The second kappa shape index (κ2) is 15.2. The highest BCUT2D eigenvalue weighted by Gasteiger charge is 2.31. The van der Waals surface area contributed by atoms with Crippen molar-refractivity contribution in [3.8, 4) is 0 Å². The minimum absolute atomic E-state index is 0.107. The Balaban J connectivity index is 1.99. The molecule has 2 N–H and O–H groups in total. The van der Waals surface area contributed by atoms with Crippen molar-refractivity contribution in [3.05, 3.63) is 12.7 Å². The van der Waals surface area contributed by atoms with Gasteiger partial charge in [-0.25, -0.2) is 24.5 Å². The first-order valence-electron chi connectivity index (χ1n) is 12.3. The van der Waals surface area contributed by atoms with Crippen molar-refractivity contribution in [2.75, 3.05) is 53.1 Å². The van der Waals surface area contributed by atoms with Gasteiger partial charge < -0.3 is 43.5 Å². The van der Waals surface area contributed by atoms with E-state index in [-0.39, 0.29) is 25.6 Å². The number of fused-ring (bicyclic) bond motifs is 1. The maximum Gasteiger partial charge on any atom is 0.511 e. The molecule has 232 valence electrons.